The van der Waals surface area contributed by atoms with E-state index in [1.165, 1.54) is 11.1 Å². The van der Waals surface area contributed by atoms with Crippen LogP contribution in [0.25, 0.3) is 10.8 Å². The molecule has 5 rings (SSSR count). The summed E-state index contributed by atoms with van der Waals surface area (Å²) >= 11 is 0. The number of nitrogen functional groups attached to an aromatic ring is 1. The Bertz CT molecular complexity index is 1500. The molecule has 0 spiro atoms. The van der Waals surface area contributed by atoms with Crippen molar-refractivity contribution in [1.82, 2.24) is 5.32 Å². The Hall–Kier alpha value is -4.52. The average molecular weight is 508 g/mol. The lowest BCUT2D eigenvalue weighted by Crippen LogP contribution is -2.36. The molecule has 38 heavy (non-hydrogen) atoms. The van der Waals surface area contributed by atoms with Gasteiger partial charge in [0.15, 0.2) is 5.96 Å². The van der Waals surface area contributed by atoms with Gasteiger partial charge in [-0.3, -0.25) is 5.41 Å². The third-order valence-electron chi connectivity index (χ3n) is 6.94. The molecule has 1 aliphatic rings. The van der Waals surface area contributed by atoms with Crippen molar-refractivity contribution in [3.63, 3.8) is 0 Å². The molecule has 7 heteroatoms. The fraction of sp³-hybridized carbons (Fsp3) is 0.226. The third-order valence-corrected chi connectivity index (χ3v) is 6.94. The van der Waals surface area contributed by atoms with E-state index in [1.54, 1.807) is 7.11 Å². The third kappa shape index (κ3) is 5.89. The quantitative estimate of drug-likeness (QED) is 0.193. The summed E-state index contributed by atoms with van der Waals surface area (Å²) in [5.74, 6) is 2.14. The van der Waals surface area contributed by atoms with Gasteiger partial charge in [0.2, 0.25) is 0 Å². The summed E-state index contributed by atoms with van der Waals surface area (Å²) in [6.45, 7) is 0.950. The molecule has 0 aromatic heterocycles. The minimum absolute atomic E-state index is 0.0735. The van der Waals surface area contributed by atoms with Gasteiger partial charge in [-0.2, -0.15) is 0 Å². The number of aliphatic imine (C=N–C) groups is 1. The van der Waals surface area contributed by atoms with Gasteiger partial charge >= 0.3 is 0 Å². The van der Waals surface area contributed by atoms with Crippen molar-refractivity contribution < 1.29 is 9.47 Å². The average Bonchev–Trinajstić information content (AvgIpc) is 2.95. The van der Waals surface area contributed by atoms with Crippen molar-refractivity contribution in [3.8, 4) is 11.5 Å². The summed E-state index contributed by atoms with van der Waals surface area (Å²) in [4.78, 5) is 4.55. The van der Waals surface area contributed by atoms with Gasteiger partial charge in [0.1, 0.15) is 23.9 Å². The van der Waals surface area contributed by atoms with Crippen LogP contribution in [0.4, 0.5) is 0 Å². The lowest BCUT2D eigenvalue weighted by molar-refractivity contribution is 0.305. The zero-order valence-corrected chi connectivity index (χ0v) is 21.5. The lowest BCUT2D eigenvalue weighted by Gasteiger charge is -2.27. The highest BCUT2D eigenvalue weighted by atomic mass is 16.5. The SMILES string of the molecule is COc1cccc(CN=C(N)NC2CCCc3ccc(OCc4ccc5cc(C(=N)N)ccc5c4)cc32)c1. The van der Waals surface area contributed by atoms with Gasteiger partial charge in [0, 0.05) is 5.56 Å². The molecular weight excluding hydrogens is 474 g/mol. The Kier molecular flexibility index (Phi) is 7.45. The minimum atomic E-state index is 0.0735. The minimum Gasteiger partial charge on any atom is -0.497 e. The number of nitrogens with one attached hydrogen (secondary N) is 2. The second-order valence-corrected chi connectivity index (χ2v) is 9.60. The Morgan fingerprint density at radius 3 is 2.63 bits per heavy atom. The number of fused-ring (bicyclic) bond motifs is 2. The molecule has 194 valence electrons. The molecule has 0 bridgehead atoms. The van der Waals surface area contributed by atoms with E-state index in [1.807, 2.05) is 54.6 Å². The number of hydrogen-bond donors (Lipinski definition) is 4. The predicted octanol–water partition coefficient (Wildman–Crippen LogP) is 5.19. The molecule has 7 nitrogen and oxygen atoms in total. The molecule has 4 aromatic carbocycles. The molecule has 0 radical (unpaired) electrons. The monoisotopic (exact) mass is 507 g/mol. The van der Waals surface area contributed by atoms with Crippen LogP contribution in [0, 0.1) is 5.41 Å². The Labute approximate surface area is 223 Å². The molecule has 6 N–H and O–H groups in total. The van der Waals surface area contributed by atoms with Crippen LogP contribution < -0.4 is 26.3 Å². The number of hydrogen-bond acceptors (Lipinski definition) is 4. The van der Waals surface area contributed by atoms with Gasteiger partial charge in [0.25, 0.3) is 0 Å². The van der Waals surface area contributed by atoms with Crippen LogP contribution in [0.3, 0.4) is 0 Å². The number of guanidine groups is 1. The Morgan fingerprint density at radius 1 is 0.947 bits per heavy atom. The van der Waals surface area contributed by atoms with Crippen molar-refractivity contribution >= 4 is 22.6 Å². The van der Waals surface area contributed by atoms with Gasteiger partial charge in [-0.1, -0.05) is 42.5 Å². The first-order valence-corrected chi connectivity index (χ1v) is 12.8. The van der Waals surface area contributed by atoms with Crippen molar-refractivity contribution in [2.24, 2.45) is 16.5 Å². The largest absolute Gasteiger partial charge is 0.497 e. The fourth-order valence-electron chi connectivity index (χ4n) is 4.91. The van der Waals surface area contributed by atoms with Gasteiger partial charge in [0.05, 0.1) is 19.7 Å². The number of aryl methyl sites for hydroxylation is 1. The van der Waals surface area contributed by atoms with Crippen LogP contribution in [0.15, 0.2) is 83.9 Å². The molecule has 0 fully saturated rings. The zero-order chi connectivity index (χ0) is 26.5. The van der Waals surface area contributed by atoms with Crippen LogP contribution >= 0.6 is 0 Å². The second kappa shape index (κ2) is 11.3. The summed E-state index contributed by atoms with van der Waals surface area (Å²) < 4.78 is 11.5. The van der Waals surface area contributed by atoms with E-state index >= 15 is 0 Å². The highest BCUT2D eigenvalue weighted by molar-refractivity contribution is 5.99. The van der Waals surface area contributed by atoms with E-state index in [2.05, 4.69) is 34.6 Å². The number of amidine groups is 1. The molecular formula is C31H33N5O2. The summed E-state index contributed by atoms with van der Waals surface area (Å²) in [6, 6.07) is 26.3. The number of nitrogens with two attached hydrogens (primary N) is 2. The fourth-order valence-corrected chi connectivity index (χ4v) is 4.91. The molecule has 4 aromatic rings. The molecule has 0 heterocycles. The van der Waals surface area contributed by atoms with E-state index in [4.69, 9.17) is 26.4 Å². The Morgan fingerprint density at radius 2 is 1.79 bits per heavy atom. The van der Waals surface area contributed by atoms with Gasteiger partial charge in [-0.15, -0.1) is 0 Å². The highest BCUT2D eigenvalue weighted by Gasteiger charge is 2.21. The maximum Gasteiger partial charge on any atom is 0.189 e. The topological polar surface area (TPSA) is 119 Å². The first-order valence-electron chi connectivity index (χ1n) is 12.8. The molecule has 1 unspecified atom stereocenters. The van der Waals surface area contributed by atoms with Crippen molar-refractivity contribution in [2.45, 2.75) is 38.5 Å². The van der Waals surface area contributed by atoms with Crippen molar-refractivity contribution in [1.29, 1.82) is 5.41 Å². The number of rotatable bonds is 8. The van der Waals surface area contributed by atoms with E-state index < -0.39 is 0 Å². The lowest BCUT2D eigenvalue weighted by atomic mass is 9.87. The van der Waals surface area contributed by atoms with Crippen LogP contribution in [-0.4, -0.2) is 18.9 Å². The predicted molar refractivity (Wildman–Crippen MR) is 153 cm³/mol. The van der Waals surface area contributed by atoms with E-state index in [0.717, 1.165) is 58.2 Å². The number of methoxy groups -OCH3 is 1. The standard InChI is InChI=1S/C31H33N5O2/c1-37-26-6-2-4-20(15-26)18-35-31(34)36-29-7-3-5-22-12-13-27(17-28(22)29)38-19-21-8-9-24-16-25(30(32)33)11-10-23(24)14-21/h2,4,6,8-17,29H,3,5,7,18-19H2,1H3,(H3,32,33)(H3,34,35,36). The van der Waals surface area contributed by atoms with Gasteiger partial charge < -0.3 is 26.3 Å². The van der Waals surface area contributed by atoms with Crippen LogP contribution in [0.2, 0.25) is 0 Å². The van der Waals surface area contributed by atoms with Crippen LogP contribution in [0.5, 0.6) is 11.5 Å². The van der Waals surface area contributed by atoms with E-state index in [9.17, 15) is 0 Å². The molecule has 1 aliphatic carbocycles. The maximum absolute atomic E-state index is 7.64. The van der Waals surface area contributed by atoms with Gasteiger partial charge in [-0.25, -0.2) is 4.99 Å². The molecule has 0 amide bonds. The van der Waals surface area contributed by atoms with Crippen molar-refractivity contribution in [3.05, 3.63) is 107 Å². The smallest absolute Gasteiger partial charge is 0.189 e. The number of ether oxygens (including phenoxy) is 2. The zero-order valence-electron chi connectivity index (χ0n) is 21.5. The maximum atomic E-state index is 7.64. The van der Waals surface area contributed by atoms with Crippen LogP contribution in [-0.2, 0) is 19.6 Å². The normalized spacial score (nSPS) is 15.1. The number of nitrogens with zero attached hydrogens (tertiary/aromatic N) is 1. The first-order chi connectivity index (χ1) is 18.5. The summed E-state index contributed by atoms with van der Waals surface area (Å²) in [7, 11) is 1.66. The van der Waals surface area contributed by atoms with E-state index in [0.29, 0.717) is 19.1 Å². The molecule has 0 saturated heterocycles. The van der Waals surface area contributed by atoms with Crippen LogP contribution in [0.1, 0.15) is 46.7 Å². The second-order valence-electron chi connectivity index (χ2n) is 9.60. The molecule has 1 atom stereocenters. The molecule has 0 aliphatic heterocycles. The highest BCUT2D eigenvalue weighted by Crippen LogP contribution is 2.33. The number of benzene rings is 4. The summed E-state index contributed by atoms with van der Waals surface area (Å²) in [5, 5.41) is 13.2. The summed E-state index contributed by atoms with van der Waals surface area (Å²) in [6.07, 6.45) is 3.12. The Balaban J connectivity index is 1.25. The molecule has 0 saturated carbocycles. The first kappa shape index (κ1) is 25.1. The van der Waals surface area contributed by atoms with Crippen molar-refractivity contribution in [2.75, 3.05) is 7.11 Å². The van der Waals surface area contributed by atoms with Gasteiger partial charge in [-0.05, 0) is 88.7 Å². The summed E-state index contributed by atoms with van der Waals surface area (Å²) in [5.41, 5.74) is 17.3. The van der Waals surface area contributed by atoms with E-state index in [-0.39, 0.29) is 11.9 Å².